The van der Waals surface area contributed by atoms with Crippen LogP contribution in [-0.2, 0) is 0 Å². The van der Waals surface area contributed by atoms with Gasteiger partial charge in [-0.2, -0.15) is 0 Å². The molecule has 0 spiro atoms. The fourth-order valence-electron chi connectivity index (χ4n) is 2.10. The maximum absolute atomic E-state index is 5.18. The van der Waals surface area contributed by atoms with Crippen molar-refractivity contribution in [1.82, 2.24) is 0 Å². The summed E-state index contributed by atoms with van der Waals surface area (Å²) < 4.78 is 5.18. The Morgan fingerprint density at radius 1 is 1.00 bits per heavy atom. The third-order valence-corrected chi connectivity index (χ3v) is 3.38. The van der Waals surface area contributed by atoms with Crippen molar-refractivity contribution in [3.05, 3.63) is 59.2 Å². The highest BCUT2D eigenvalue weighted by molar-refractivity contribution is 5.54. The van der Waals surface area contributed by atoms with Crippen LogP contribution in [0.4, 0.5) is 5.69 Å². The summed E-state index contributed by atoms with van der Waals surface area (Å²) in [7, 11) is 1.69. The molecule has 1 N–H and O–H groups in total. The van der Waals surface area contributed by atoms with E-state index in [1.165, 1.54) is 22.4 Å². The number of benzene rings is 2. The molecule has 0 fully saturated rings. The summed E-state index contributed by atoms with van der Waals surface area (Å²) in [5.74, 6) is 0.891. The number of ether oxygens (including phenoxy) is 1. The van der Waals surface area contributed by atoms with Gasteiger partial charge in [0.2, 0.25) is 0 Å². The molecule has 0 aromatic heterocycles. The third kappa shape index (κ3) is 3.28. The SMILES string of the molecule is COc1ccc(C(C)Nc2cc(C)ccc2C)cc1. The standard InChI is InChI=1S/C17H21NO/c1-12-5-6-13(2)17(11-12)18-14(3)15-7-9-16(19-4)10-8-15/h5-11,14,18H,1-4H3. The predicted molar refractivity (Wildman–Crippen MR) is 80.9 cm³/mol. The van der Waals surface area contributed by atoms with Crippen LogP contribution in [0, 0.1) is 13.8 Å². The van der Waals surface area contributed by atoms with E-state index in [1.54, 1.807) is 7.11 Å². The minimum Gasteiger partial charge on any atom is -0.497 e. The van der Waals surface area contributed by atoms with E-state index in [4.69, 9.17) is 4.74 Å². The first-order valence-corrected chi connectivity index (χ1v) is 6.58. The average Bonchev–Trinajstić information content (AvgIpc) is 2.43. The van der Waals surface area contributed by atoms with Crippen LogP contribution in [0.2, 0.25) is 0 Å². The molecule has 1 unspecified atom stereocenters. The van der Waals surface area contributed by atoms with Gasteiger partial charge in [0, 0.05) is 11.7 Å². The van der Waals surface area contributed by atoms with Gasteiger partial charge >= 0.3 is 0 Å². The van der Waals surface area contributed by atoms with Crippen LogP contribution in [0.1, 0.15) is 29.7 Å². The lowest BCUT2D eigenvalue weighted by molar-refractivity contribution is 0.414. The fraction of sp³-hybridized carbons (Fsp3) is 0.294. The fourth-order valence-corrected chi connectivity index (χ4v) is 2.10. The van der Waals surface area contributed by atoms with Crippen LogP contribution in [-0.4, -0.2) is 7.11 Å². The smallest absolute Gasteiger partial charge is 0.118 e. The quantitative estimate of drug-likeness (QED) is 0.869. The molecule has 2 heteroatoms. The van der Waals surface area contributed by atoms with E-state index in [0.717, 1.165) is 5.75 Å². The topological polar surface area (TPSA) is 21.3 Å². The number of hydrogen-bond acceptors (Lipinski definition) is 2. The van der Waals surface area contributed by atoms with Crippen LogP contribution in [0.3, 0.4) is 0 Å². The number of rotatable bonds is 4. The lowest BCUT2D eigenvalue weighted by Gasteiger charge is -2.18. The minimum absolute atomic E-state index is 0.270. The number of hydrogen-bond donors (Lipinski definition) is 1. The van der Waals surface area contributed by atoms with Gasteiger partial charge in [0.15, 0.2) is 0 Å². The van der Waals surface area contributed by atoms with Gasteiger partial charge in [0.05, 0.1) is 7.11 Å². The Kier molecular flexibility index (Phi) is 4.10. The van der Waals surface area contributed by atoms with Crippen molar-refractivity contribution < 1.29 is 4.74 Å². The summed E-state index contributed by atoms with van der Waals surface area (Å²) in [6, 6.07) is 14.9. The summed E-state index contributed by atoms with van der Waals surface area (Å²) in [6.07, 6.45) is 0. The number of methoxy groups -OCH3 is 1. The Bertz CT molecular complexity index is 546. The zero-order valence-corrected chi connectivity index (χ0v) is 12.0. The van der Waals surface area contributed by atoms with Crippen molar-refractivity contribution in [2.75, 3.05) is 12.4 Å². The van der Waals surface area contributed by atoms with Gasteiger partial charge in [-0.05, 0) is 55.7 Å². The summed E-state index contributed by atoms with van der Waals surface area (Å²) >= 11 is 0. The van der Waals surface area contributed by atoms with Crippen molar-refractivity contribution >= 4 is 5.69 Å². The molecule has 2 rings (SSSR count). The number of nitrogens with one attached hydrogen (secondary N) is 1. The molecule has 0 saturated heterocycles. The van der Waals surface area contributed by atoms with Crippen molar-refractivity contribution in [2.45, 2.75) is 26.8 Å². The Hall–Kier alpha value is -1.96. The van der Waals surface area contributed by atoms with E-state index < -0.39 is 0 Å². The number of anilines is 1. The highest BCUT2D eigenvalue weighted by atomic mass is 16.5. The summed E-state index contributed by atoms with van der Waals surface area (Å²) in [6.45, 7) is 6.41. The van der Waals surface area contributed by atoms with E-state index >= 15 is 0 Å². The second-order valence-corrected chi connectivity index (χ2v) is 4.96. The molecule has 0 amide bonds. The molecular formula is C17H21NO. The van der Waals surface area contributed by atoms with Gasteiger partial charge in [0.1, 0.15) is 5.75 Å². The monoisotopic (exact) mass is 255 g/mol. The van der Waals surface area contributed by atoms with Gasteiger partial charge in [0.25, 0.3) is 0 Å². The van der Waals surface area contributed by atoms with Crippen LogP contribution in [0.25, 0.3) is 0 Å². The highest BCUT2D eigenvalue weighted by Gasteiger charge is 2.07. The van der Waals surface area contributed by atoms with Gasteiger partial charge in [-0.25, -0.2) is 0 Å². The molecule has 2 aromatic carbocycles. The first-order chi connectivity index (χ1) is 9.10. The summed E-state index contributed by atoms with van der Waals surface area (Å²) in [4.78, 5) is 0. The lowest BCUT2D eigenvalue weighted by Crippen LogP contribution is -2.07. The Balaban J connectivity index is 2.15. The average molecular weight is 255 g/mol. The van der Waals surface area contributed by atoms with E-state index in [2.05, 4.69) is 56.4 Å². The predicted octanol–water partition coefficient (Wildman–Crippen LogP) is 4.49. The Morgan fingerprint density at radius 3 is 2.32 bits per heavy atom. The Labute approximate surface area is 115 Å². The summed E-state index contributed by atoms with van der Waals surface area (Å²) in [5.41, 5.74) is 4.99. The molecule has 0 aliphatic carbocycles. The zero-order valence-electron chi connectivity index (χ0n) is 12.0. The second-order valence-electron chi connectivity index (χ2n) is 4.96. The van der Waals surface area contributed by atoms with Crippen LogP contribution < -0.4 is 10.1 Å². The van der Waals surface area contributed by atoms with Gasteiger partial charge in [-0.1, -0.05) is 24.3 Å². The lowest BCUT2D eigenvalue weighted by atomic mass is 10.1. The van der Waals surface area contributed by atoms with E-state index in [0.29, 0.717) is 0 Å². The third-order valence-electron chi connectivity index (χ3n) is 3.38. The number of aryl methyl sites for hydroxylation is 2. The molecule has 2 nitrogen and oxygen atoms in total. The van der Waals surface area contributed by atoms with Crippen molar-refractivity contribution in [3.8, 4) is 5.75 Å². The molecular weight excluding hydrogens is 234 g/mol. The first kappa shape index (κ1) is 13.5. The van der Waals surface area contributed by atoms with Crippen molar-refractivity contribution in [2.24, 2.45) is 0 Å². The maximum Gasteiger partial charge on any atom is 0.118 e. The molecule has 19 heavy (non-hydrogen) atoms. The summed E-state index contributed by atoms with van der Waals surface area (Å²) in [5, 5.41) is 3.56. The molecule has 100 valence electrons. The van der Waals surface area contributed by atoms with E-state index in [1.807, 2.05) is 12.1 Å². The van der Waals surface area contributed by atoms with Crippen LogP contribution >= 0.6 is 0 Å². The van der Waals surface area contributed by atoms with Gasteiger partial charge in [-0.3, -0.25) is 0 Å². The van der Waals surface area contributed by atoms with Crippen molar-refractivity contribution in [3.63, 3.8) is 0 Å². The maximum atomic E-state index is 5.18. The molecule has 0 radical (unpaired) electrons. The molecule has 0 aliphatic rings. The molecule has 2 aromatic rings. The Morgan fingerprint density at radius 2 is 1.68 bits per heavy atom. The molecule has 0 bridgehead atoms. The van der Waals surface area contributed by atoms with Crippen LogP contribution in [0.15, 0.2) is 42.5 Å². The minimum atomic E-state index is 0.270. The molecule has 0 heterocycles. The largest absolute Gasteiger partial charge is 0.497 e. The van der Waals surface area contributed by atoms with E-state index in [-0.39, 0.29) is 6.04 Å². The zero-order chi connectivity index (χ0) is 13.8. The normalized spacial score (nSPS) is 12.0. The van der Waals surface area contributed by atoms with Gasteiger partial charge in [-0.15, -0.1) is 0 Å². The molecule has 1 atom stereocenters. The van der Waals surface area contributed by atoms with Crippen LogP contribution in [0.5, 0.6) is 5.75 Å². The van der Waals surface area contributed by atoms with Gasteiger partial charge < -0.3 is 10.1 Å². The molecule has 0 aliphatic heterocycles. The highest BCUT2D eigenvalue weighted by Crippen LogP contribution is 2.24. The van der Waals surface area contributed by atoms with Crippen molar-refractivity contribution in [1.29, 1.82) is 0 Å². The van der Waals surface area contributed by atoms with E-state index in [9.17, 15) is 0 Å². The second kappa shape index (κ2) is 5.79. The molecule has 0 saturated carbocycles. The first-order valence-electron chi connectivity index (χ1n) is 6.58.